The van der Waals surface area contributed by atoms with Crippen molar-refractivity contribution < 1.29 is 13.9 Å². The predicted octanol–water partition coefficient (Wildman–Crippen LogP) is 4.09. The van der Waals surface area contributed by atoms with Crippen LogP contribution in [0.3, 0.4) is 0 Å². The first kappa shape index (κ1) is 15.7. The third kappa shape index (κ3) is 3.60. The van der Waals surface area contributed by atoms with Crippen molar-refractivity contribution in [1.29, 1.82) is 0 Å². The molecule has 3 aromatic rings. The van der Waals surface area contributed by atoms with Crippen LogP contribution < -0.4 is 10.4 Å². The standard InChI is InChI=1S/C20H16O4/c1-14(21)18-12-16-9-10-17(13-19(16)24-20(18)22)23-11-5-8-15-6-3-2-4-7-15/h2-10,12-13H,11H2,1H3/b8-5+. The van der Waals surface area contributed by atoms with Crippen molar-refractivity contribution in [2.24, 2.45) is 0 Å². The number of ether oxygens (including phenoxy) is 1. The second-order valence-corrected chi connectivity index (χ2v) is 5.33. The number of carbonyl (C=O) groups excluding carboxylic acids is 1. The fourth-order valence-corrected chi connectivity index (χ4v) is 2.32. The topological polar surface area (TPSA) is 56.5 Å². The average Bonchev–Trinajstić information content (AvgIpc) is 2.58. The summed E-state index contributed by atoms with van der Waals surface area (Å²) in [5.41, 5.74) is 0.926. The number of Topliss-reactive ketones (excluding diaryl/α,β-unsaturated/α-hetero) is 1. The van der Waals surface area contributed by atoms with E-state index in [4.69, 9.17) is 9.15 Å². The van der Waals surface area contributed by atoms with Gasteiger partial charge in [0.15, 0.2) is 5.78 Å². The van der Waals surface area contributed by atoms with Crippen molar-refractivity contribution in [2.75, 3.05) is 6.61 Å². The van der Waals surface area contributed by atoms with Crippen molar-refractivity contribution in [2.45, 2.75) is 6.92 Å². The second-order valence-electron chi connectivity index (χ2n) is 5.33. The number of rotatable bonds is 5. The summed E-state index contributed by atoms with van der Waals surface area (Å²) in [6, 6.07) is 16.7. The van der Waals surface area contributed by atoms with Crippen molar-refractivity contribution in [1.82, 2.24) is 0 Å². The maximum atomic E-state index is 11.8. The van der Waals surface area contributed by atoms with Gasteiger partial charge in [-0.1, -0.05) is 36.4 Å². The molecule has 4 nitrogen and oxygen atoms in total. The SMILES string of the molecule is CC(=O)c1cc2ccc(OC/C=C/c3ccccc3)cc2oc1=O. The molecule has 0 saturated heterocycles. The largest absolute Gasteiger partial charge is 0.489 e. The van der Waals surface area contributed by atoms with Crippen molar-refractivity contribution in [3.8, 4) is 5.75 Å². The van der Waals surface area contributed by atoms with E-state index in [1.54, 1.807) is 24.3 Å². The van der Waals surface area contributed by atoms with Crippen LogP contribution in [-0.4, -0.2) is 12.4 Å². The minimum Gasteiger partial charge on any atom is -0.489 e. The van der Waals surface area contributed by atoms with Gasteiger partial charge in [0.1, 0.15) is 23.5 Å². The van der Waals surface area contributed by atoms with Crippen molar-refractivity contribution in [3.63, 3.8) is 0 Å². The fourth-order valence-electron chi connectivity index (χ4n) is 2.32. The molecule has 0 N–H and O–H groups in total. The van der Waals surface area contributed by atoms with E-state index >= 15 is 0 Å². The maximum Gasteiger partial charge on any atom is 0.347 e. The van der Waals surface area contributed by atoms with E-state index in [-0.39, 0.29) is 11.3 Å². The summed E-state index contributed by atoms with van der Waals surface area (Å²) in [6.45, 7) is 1.74. The third-order valence-electron chi connectivity index (χ3n) is 3.54. The zero-order valence-corrected chi connectivity index (χ0v) is 13.2. The molecule has 0 bridgehead atoms. The van der Waals surface area contributed by atoms with Gasteiger partial charge < -0.3 is 9.15 Å². The summed E-state index contributed by atoms with van der Waals surface area (Å²) in [5.74, 6) is 0.288. The second kappa shape index (κ2) is 6.96. The van der Waals surface area contributed by atoms with Crippen molar-refractivity contribution >= 4 is 22.8 Å². The van der Waals surface area contributed by atoms with Gasteiger partial charge in [-0.15, -0.1) is 0 Å². The molecule has 0 aliphatic heterocycles. The Hall–Kier alpha value is -3.14. The van der Waals surface area contributed by atoms with Gasteiger partial charge >= 0.3 is 5.63 Å². The Morgan fingerprint density at radius 2 is 1.92 bits per heavy atom. The average molecular weight is 320 g/mol. The number of hydrogen-bond donors (Lipinski definition) is 0. The molecule has 1 heterocycles. The zero-order valence-electron chi connectivity index (χ0n) is 13.2. The van der Waals surface area contributed by atoms with E-state index in [1.165, 1.54) is 6.92 Å². The molecule has 0 fully saturated rings. The Morgan fingerprint density at radius 1 is 1.12 bits per heavy atom. The molecule has 0 aliphatic carbocycles. The van der Waals surface area contributed by atoms with Crippen LogP contribution in [-0.2, 0) is 0 Å². The minimum atomic E-state index is -0.629. The summed E-state index contributed by atoms with van der Waals surface area (Å²) in [5, 5.41) is 0.687. The molecular weight excluding hydrogens is 304 g/mol. The predicted molar refractivity (Wildman–Crippen MR) is 93.5 cm³/mol. The Morgan fingerprint density at radius 3 is 2.67 bits per heavy atom. The molecule has 3 rings (SSSR count). The molecule has 0 saturated carbocycles. The molecule has 0 spiro atoms. The Balaban J connectivity index is 1.74. The molecule has 2 aromatic carbocycles. The van der Waals surface area contributed by atoms with E-state index in [1.807, 2.05) is 42.5 Å². The van der Waals surface area contributed by atoms with Gasteiger partial charge in [0.2, 0.25) is 0 Å². The lowest BCUT2D eigenvalue weighted by atomic mass is 10.1. The van der Waals surface area contributed by atoms with Crippen LogP contribution >= 0.6 is 0 Å². The summed E-state index contributed by atoms with van der Waals surface area (Å²) in [6.07, 6.45) is 3.88. The first-order valence-electron chi connectivity index (χ1n) is 7.57. The van der Waals surface area contributed by atoms with Crippen LogP contribution in [0.1, 0.15) is 22.8 Å². The van der Waals surface area contributed by atoms with Gasteiger partial charge in [-0.05, 0) is 36.8 Å². The van der Waals surface area contributed by atoms with Crippen LogP contribution in [0.4, 0.5) is 0 Å². The number of hydrogen-bond acceptors (Lipinski definition) is 4. The normalized spacial score (nSPS) is 11.0. The highest BCUT2D eigenvalue weighted by molar-refractivity contribution is 5.96. The molecule has 0 radical (unpaired) electrons. The monoisotopic (exact) mass is 320 g/mol. The highest BCUT2D eigenvalue weighted by Crippen LogP contribution is 2.20. The molecule has 120 valence electrons. The van der Waals surface area contributed by atoms with Gasteiger partial charge in [0, 0.05) is 11.5 Å². The highest BCUT2D eigenvalue weighted by atomic mass is 16.5. The molecule has 0 aliphatic rings. The highest BCUT2D eigenvalue weighted by Gasteiger charge is 2.09. The molecule has 1 aromatic heterocycles. The van der Waals surface area contributed by atoms with E-state index in [0.717, 1.165) is 5.56 Å². The van der Waals surface area contributed by atoms with Gasteiger partial charge in [0.05, 0.1) is 0 Å². The smallest absolute Gasteiger partial charge is 0.347 e. The molecule has 0 amide bonds. The van der Waals surface area contributed by atoms with E-state index in [2.05, 4.69) is 0 Å². The van der Waals surface area contributed by atoms with Crippen LogP contribution in [0.2, 0.25) is 0 Å². The third-order valence-corrected chi connectivity index (χ3v) is 3.54. The van der Waals surface area contributed by atoms with Gasteiger partial charge in [-0.25, -0.2) is 4.79 Å². The molecule has 0 atom stereocenters. The maximum absolute atomic E-state index is 11.8. The Labute approximate surface area is 139 Å². The van der Waals surface area contributed by atoms with E-state index in [9.17, 15) is 9.59 Å². The van der Waals surface area contributed by atoms with Crippen LogP contribution in [0.5, 0.6) is 5.75 Å². The number of fused-ring (bicyclic) bond motifs is 1. The fraction of sp³-hybridized carbons (Fsp3) is 0.100. The number of benzene rings is 2. The van der Waals surface area contributed by atoms with Gasteiger partial charge in [-0.2, -0.15) is 0 Å². The minimum absolute atomic E-state index is 0.0574. The van der Waals surface area contributed by atoms with Crippen LogP contribution in [0, 0.1) is 0 Å². The lowest BCUT2D eigenvalue weighted by Crippen LogP contribution is -2.10. The summed E-state index contributed by atoms with van der Waals surface area (Å²) < 4.78 is 10.8. The molecule has 24 heavy (non-hydrogen) atoms. The number of carbonyl (C=O) groups is 1. The molecule has 4 heteroatoms. The lowest BCUT2D eigenvalue weighted by Gasteiger charge is -2.05. The summed E-state index contributed by atoms with van der Waals surface area (Å²) in [7, 11) is 0. The summed E-state index contributed by atoms with van der Waals surface area (Å²) in [4.78, 5) is 23.1. The lowest BCUT2D eigenvalue weighted by molar-refractivity contribution is 0.101. The van der Waals surface area contributed by atoms with Crippen molar-refractivity contribution in [3.05, 3.63) is 82.2 Å². The summed E-state index contributed by atoms with van der Waals surface area (Å²) >= 11 is 0. The quantitative estimate of drug-likeness (QED) is 0.525. The molecule has 0 unspecified atom stereocenters. The Kier molecular flexibility index (Phi) is 4.57. The van der Waals surface area contributed by atoms with E-state index < -0.39 is 5.63 Å². The van der Waals surface area contributed by atoms with Gasteiger partial charge in [-0.3, -0.25) is 4.79 Å². The number of ketones is 1. The Bertz CT molecular complexity index is 952. The zero-order chi connectivity index (χ0) is 16.9. The molecular formula is C20H16O4. The first-order chi connectivity index (χ1) is 11.6. The van der Waals surface area contributed by atoms with Gasteiger partial charge in [0.25, 0.3) is 0 Å². The first-order valence-corrected chi connectivity index (χ1v) is 7.57. The van der Waals surface area contributed by atoms with E-state index in [0.29, 0.717) is 23.3 Å². The van der Waals surface area contributed by atoms with Crippen LogP contribution in [0.25, 0.3) is 17.0 Å². The van der Waals surface area contributed by atoms with Crippen LogP contribution in [0.15, 0.2) is 69.9 Å².